The Labute approximate surface area is 104 Å². The first-order valence-corrected chi connectivity index (χ1v) is 6.70. The first-order chi connectivity index (χ1) is 8.15. The molecule has 0 aromatic carbocycles. The summed E-state index contributed by atoms with van der Waals surface area (Å²) >= 11 is 0. The molecule has 0 aliphatic carbocycles. The maximum absolute atomic E-state index is 10.8. The van der Waals surface area contributed by atoms with Crippen LogP contribution in [0.4, 0.5) is 0 Å². The lowest BCUT2D eigenvalue weighted by Crippen LogP contribution is -2.50. The molecule has 0 bridgehead atoms. The van der Waals surface area contributed by atoms with E-state index in [1.807, 2.05) is 0 Å². The molecule has 1 fully saturated rings. The monoisotopic (exact) mass is 243 g/mol. The van der Waals surface area contributed by atoms with Gasteiger partial charge in [-0.05, 0) is 13.3 Å². The van der Waals surface area contributed by atoms with Crippen molar-refractivity contribution in [1.29, 1.82) is 0 Å². The van der Waals surface area contributed by atoms with Crippen LogP contribution < -0.4 is 0 Å². The highest BCUT2D eigenvalue weighted by Crippen LogP contribution is 2.18. The Bertz CT molecular complexity index is 233. The predicted octanol–water partition coefficient (Wildman–Crippen LogP) is 2.13. The van der Waals surface area contributed by atoms with Crippen LogP contribution in [0.2, 0.25) is 0 Å². The van der Waals surface area contributed by atoms with Crippen LogP contribution in [0, 0.1) is 0 Å². The Hall–Kier alpha value is -0.610. The molecule has 1 heterocycles. The fourth-order valence-electron chi connectivity index (χ4n) is 2.48. The maximum atomic E-state index is 10.8. The van der Waals surface area contributed by atoms with Gasteiger partial charge in [-0.3, -0.25) is 9.69 Å². The number of aliphatic carboxylic acids is 1. The van der Waals surface area contributed by atoms with Crippen LogP contribution in [-0.4, -0.2) is 47.8 Å². The maximum Gasteiger partial charge on any atom is 0.305 e. The van der Waals surface area contributed by atoms with E-state index in [0.717, 1.165) is 19.6 Å². The SMILES string of the molecule is CCCCCC(C)N1CCOCC1CC(=O)O. The molecule has 0 amide bonds. The molecule has 2 unspecified atom stereocenters. The number of hydrogen-bond donors (Lipinski definition) is 1. The molecule has 4 nitrogen and oxygen atoms in total. The number of rotatable bonds is 7. The lowest BCUT2D eigenvalue weighted by atomic mass is 10.0. The average Bonchev–Trinajstić information content (AvgIpc) is 2.29. The second kappa shape index (κ2) is 7.67. The van der Waals surface area contributed by atoms with Gasteiger partial charge in [0.05, 0.1) is 19.6 Å². The van der Waals surface area contributed by atoms with Crippen molar-refractivity contribution in [2.24, 2.45) is 0 Å². The van der Waals surface area contributed by atoms with Gasteiger partial charge in [0, 0.05) is 18.6 Å². The smallest absolute Gasteiger partial charge is 0.305 e. The number of carbonyl (C=O) groups is 1. The third kappa shape index (κ3) is 5.04. The van der Waals surface area contributed by atoms with Crippen molar-refractivity contribution in [1.82, 2.24) is 4.90 Å². The average molecular weight is 243 g/mol. The zero-order valence-corrected chi connectivity index (χ0v) is 11.0. The number of carboxylic acids is 1. The molecular weight excluding hydrogens is 218 g/mol. The molecule has 1 saturated heterocycles. The van der Waals surface area contributed by atoms with Gasteiger partial charge in [0.25, 0.3) is 0 Å². The zero-order valence-electron chi connectivity index (χ0n) is 11.0. The van der Waals surface area contributed by atoms with Crippen molar-refractivity contribution in [3.8, 4) is 0 Å². The van der Waals surface area contributed by atoms with Crippen LogP contribution in [0.25, 0.3) is 0 Å². The molecule has 0 saturated carbocycles. The minimum absolute atomic E-state index is 0.0536. The van der Waals surface area contributed by atoms with E-state index < -0.39 is 5.97 Å². The molecule has 100 valence electrons. The first-order valence-electron chi connectivity index (χ1n) is 6.70. The Morgan fingerprint density at radius 2 is 2.29 bits per heavy atom. The van der Waals surface area contributed by atoms with Crippen LogP contribution in [0.15, 0.2) is 0 Å². The molecule has 4 heteroatoms. The number of nitrogens with zero attached hydrogens (tertiary/aromatic N) is 1. The summed E-state index contributed by atoms with van der Waals surface area (Å²) < 4.78 is 5.38. The standard InChI is InChI=1S/C13H25NO3/c1-3-4-5-6-11(2)14-7-8-17-10-12(14)9-13(15)16/h11-12H,3-10H2,1-2H3,(H,15,16). The summed E-state index contributed by atoms with van der Waals surface area (Å²) in [5.41, 5.74) is 0. The van der Waals surface area contributed by atoms with Gasteiger partial charge in [-0.15, -0.1) is 0 Å². The molecule has 1 rings (SSSR count). The molecule has 1 aliphatic heterocycles. The number of ether oxygens (including phenoxy) is 1. The first kappa shape index (κ1) is 14.5. The van der Waals surface area contributed by atoms with Crippen molar-refractivity contribution in [2.75, 3.05) is 19.8 Å². The number of morpholine rings is 1. The normalized spacial score (nSPS) is 23.5. The fraction of sp³-hybridized carbons (Fsp3) is 0.923. The van der Waals surface area contributed by atoms with Crippen LogP contribution in [0.3, 0.4) is 0 Å². The van der Waals surface area contributed by atoms with E-state index in [0.29, 0.717) is 12.6 Å². The lowest BCUT2D eigenvalue weighted by molar-refractivity contribution is -0.140. The largest absolute Gasteiger partial charge is 0.481 e. The summed E-state index contributed by atoms with van der Waals surface area (Å²) in [7, 11) is 0. The minimum Gasteiger partial charge on any atom is -0.481 e. The van der Waals surface area contributed by atoms with E-state index in [-0.39, 0.29) is 12.5 Å². The highest BCUT2D eigenvalue weighted by Gasteiger charge is 2.28. The summed E-state index contributed by atoms with van der Waals surface area (Å²) in [5.74, 6) is -0.730. The van der Waals surface area contributed by atoms with Gasteiger partial charge in [-0.25, -0.2) is 0 Å². The Morgan fingerprint density at radius 1 is 1.53 bits per heavy atom. The molecule has 2 atom stereocenters. The van der Waals surface area contributed by atoms with Gasteiger partial charge in [0.15, 0.2) is 0 Å². The van der Waals surface area contributed by atoms with E-state index in [1.165, 1.54) is 19.3 Å². The van der Waals surface area contributed by atoms with Gasteiger partial charge in [-0.2, -0.15) is 0 Å². The second-order valence-corrected chi connectivity index (χ2v) is 4.91. The summed E-state index contributed by atoms with van der Waals surface area (Å²) in [4.78, 5) is 13.1. The highest BCUT2D eigenvalue weighted by molar-refractivity contribution is 5.67. The van der Waals surface area contributed by atoms with E-state index in [1.54, 1.807) is 0 Å². The zero-order chi connectivity index (χ0) is 12.7. The summed E-state index contributed by atoms with van der Waals surface area (Å²) in [6.45, 7) is 6.56. The number of carboxylic acid groups (broad SMARTS) is 1. The molecule has 0 radical (unpaired) electrons. The second-order valence-electron chi connectivity index (χ2n) is 4.91. The molecule has 17 heavy (non-hydrogen) atoms. The third-order valence-electron chi connectivity index (χ3n) is 3.47. The summed E-state index contributed by atoms with van der Waals surface area (Å²) in [6.07, 6.45) is 5.07. The van der Waals surface area contributed by atoms with Crippen LogP contribution >= 0.6 is 0 Å². The Morgan fingerprint density at radius 3 is 2.94 bits per heavy atom. The molecule has 0 aromatic heterocycles. The van der Waals surface area contributed by atoms with Crippen molar-refractivity contribution in [3.63, 3.8) is 0 Å². The van der Waals surface area contributed by atoms with E-state index in [4.69, 9.17) is 9.84 Å². The molecular formula is C13H25NO3. The predicted molar refractivity (Wildman–Crippen MR) is 67.2 cm³/mol. The summed E-state index contributed by atoms with van der Waals surface area (Å²) in [5, 5.41) is 8.90. The molecule has 0 aromatic rings. The Kier molecular flexibility index (Phi) is 6.52. The number of hydrogen-bond acceptors (Lipinski definition) is 3. The Balaban J connectivity index is 2.42. The van der Waals surface area contributed by atoms with E-state index in [2.05, 4.69) is 18.7 Å². The van der Waals surface area contributed by atoms with Crippen molar-refractivity contribution in [2.45, 2.75) is 58.0 Å². The van der Waals surface area contributed by atoms with Gasteiger partial charge in [-0.1, -0.05) is 26.2 Å². The van der Waals surface area contributed by atoms with Gasteiger partial charge >= 0.3 is 5.97 Å². The van der Waals surface area contributed by atoms with Crippen LogP contribution in [-0.2, 0) is 9.53 Å². The quantitative estimate of drug-likeness (QED) is 0.696. The van der Waals surface area contributed by atoms with Gasteiger partial charge < -0.3 is 9.84 Å². The third-order valence-corrected chi connectivity index (χ3v) is 3.47. The fourth-order valence-corrected chi connectivity index (χ4v) is 2.48. The van der Waals surface area contributed by atoms with Crippen LogP contribution in [0.5, 0.6) is 0 Å². The van der Waals surface area contributed by atoms with E-state index >= 15 is 0 Å². The number of unbranched alkanes of at least 4 members (excludes halogenated alkanes) is 2. The van der Waals surface area contributed by atoms with Crippen LogP contribution in [0.1, 0.15) is 46.0 Å². The highest BCUT2D eigenvalue weighted by atomic mass is 16.5. The van der Waals surface area contributed by atoms with Gasteiger partial charge in [0.1, 0.15) is 0 Å². The molecule has 1 aliphatic rings. The van der Waals surface area contributed by atoms with Crippen molar-refractivity contribution < 1.29 is 14.6 Å². The lowest BCUT2D eigenvalue weighted by Gasteiger charge is -2.39. The van der Waals surface area contributed by atoms with Crippen molar-refractivity contribution >= 4 is 5.97 Å². The molecule has 1 N–H and O–H groups in total. The van der Waals surface area contributed by atoms with Crippen molar-refractivity contribution in [3.05, 3.63) is 0 Å². The van der Waals surface area contributed by atoms with Gasteiger partial charge in [0.2, 0.25) is 0 Å². The topological polar surface area (TPSA) is 49.8 Å². The van der Waals surface area contributed by atoms with E-state index in [9.17, 15) is 4.79 Å². The minimum atomic E-state index is -0.730. The molecule has 0 spiro atoms. The summed E-state index contributed by atoms with van der Waals surface area (Å²) in [6, 6.07) is 0.521.